The zero-order valence-corrected chi connectivity index (χ0v) is 6.96. The second-order valence-corrected chi connectivity index (χ2v) is 4.23. The van der Waals surface area contributed by atoms with Crippen LogP contribution in [-0.2, 0) is 9.15 Å². The van der Waals surface area contributed by atoms with Gasteiger partial charge in [-0.1, -0.05) is 6.04 Å². The summed E-state index contributed by atoms with van der Waals surface area (Å²) in [5, 5.41) is 0. The molecule has 1 aliphatic rings. The Balaban J connectivity index is 1.88. The van der Waals surface area contributed by atoms with E-state index in [1.807, 2.05) is 0 Å². The molecule has 0 saturated carbocycles. The van der Waals surface area contributed by atoms with Crippen molar-refractivity contribution in [1.29, 1.82) is 0 Å². The molecule has 1 saturated heterocycles. The van der Waals surface area contributed by atoms with Crippen molar-refractivity contribution in [3.8, 4) is 0 Å². The minimum Gasteiger partial charge on any atom is -0.261 e. The summed E-state index contributed by atoms with van der Waals surface area (Å²) in [4.78, 5) is 0. The molecule has 0 aromatic heterocycles. The van der Waals surface area contributed by atoms with Crippen LogP contribution in [0.2, 0.25) is 12.1 Å². The number of hydrogen-bond acceptors (Lipinski definition) is 2. The minimum atomic E-state index is -0.886. The summed E-state index contributed by atoms with van der Waals surface area (Å²) >= 11 is 0. The van der Waals surface area contributed by atoms with Crippen molar-refractivity contribution in [3.63, 3.8) is 0 Å². The Morgan fingerprint density at radius 3 is 2.33 bits per heavy atom. The lowest BCUT2D eigenvalue weighted by Gasteiger charge is -1.72. The van der Waals surface area contributed by atoms with Crippen LogP contribution in [0.3, 0.4) is 0 Å². The summed E-state index contributed by atoms with van der Waals surface area (Å²) in [6.45, 7) is 0. The molecule has 0 radical (unpaired) electrons. The van der Waals surface area contributed by atoms with Gasteiger partial charge in [0.15, 0.2) is 0 Å². The molecule has 1 heterocycles. The van der Waals surface area contributed by atoms with Crippen molar-refractivity contribution in [2.75, 3.05) is 0 Å². The summed E-state index contributed by atoms with van der Waals surface area (Å²) in [5.74, 6) is 0. The van der Waals surface area contributed by atoms with E-state index in [9.17, 15) is 0 Å². The van der Waals surface area contributed by atoms with Crippen molar-refractivity contribution in [1.82, 2.24) is 0 Å². The Hall–Kier alpha value is 0.354. The van der Waals surface area contributed by atoms with Gasteiger partial charge in [0, 0.05) is 10.2 Å². The van der Waals surface area contributed by atoms with Gasteiger partial charge in [-0.25, -0.2) is 0 Å². The molecule has 0 unspecified atom stereocenters. The van der Waals surface area contributed by atoms with Crippen LogP contribution in [0.5, 0.6) is 0 Å². The molecule has 0 atom stereocenters. The fraction of sp³-hybridized carbons (Fsp3) is 1.00. The minimum absolute atomic E-state index is 0.886. The van der Waals surface area contributed by atoms with Crippen LogP contribution >= 0.6 is 0 Å². The first kappa shape index (κ1) is 4.51. The van der Waals surface area contributed by atoms with E-state index in [-0.39, 0.29) is 0 Å². The number of hydrogen-bond donors (Lipinski definition) is 0. The summed E-state index contributed by atoms with van der Waals surface area (Å²) in [5.41, 5.74) is 0. The van der Waals surface area contributed by atoms with E-state index in [0.717, 1.165) is 0 Å². The highest BCUT2D eigenvalue weighted by Gasteiger charge is 2.27. The zero-order chi connectivity index (χ0) is 4.41. The first-order chi connectivity index (χ1) is 2.93. The maximum atomic E-state index is 4.61. The third-order valence-corrected chi connectivity index (χ3v) is 4.00. The first-order valence-electron chi connectivity index (χ1n) is 2.25. The molecule has 0 spiro atoms. The standard InChI is InChI=1S/C2H8O2Si2/c5-1-2-6-3-4-6/h6H,1-2H2,5H3. The molecule has 2 nitrogen and oxygen atoms in total. The lowest BCUT2D eigenvalue weighted by atomic mass is 11.0. The second kappa shape index (κ2) is 1.88. The summed E-state index contributed by atoms with van der Waals surface area (Å²) in [6, 6.07) is 2.59. The van der Waals surface area contributed by atoms with Crippen molar-refractivity contribution in [3.05, 3.63) is 0 Å². The van der Waals surface area contributed by atoms with Gasteiger partial charge in [0.1, 0.15) is 0 Å². The topological polar surface area (TPSA) is 25.1 Å². The molecule has 0 aromatic rings. The van der Waals surface area contributed by atoms with Crippen molar-refractivity contribution >= 4 is 19.5 Å². The predicted octanol–water partition coefficient (Wildman–Crippen LogP) is -1.05. The third-order valence-electron chi connectivity index (χ3n) is 0.757. The first-order valence-corrected chi connectivity index (χ1v) is 5.43. The van der Waals surface area contributed by atoms with E-state index >= 15 is 0 Å². The van der Waals surface area contributed by atoms with Crippen molar-refractivity contribution < 1.29 is 9.15 Å². The highest BCUT2D eigenvalue weighted by molar-refractivity contribution is 6.50. The molecule has 1 aliphatic heterocycles. The average molecular weight is 120 g/mol. The van der Waals surface area contributed by atoms with E-state index in [2.05, 4.69) is 9.15 Å². The molecular formula is C2H8O2Si2. The smallest absolute Gasteiger partial charge is 0.261 e. The van der Waals surface area contributed by atoms with Crippen LogP contribution < -0.4 is 0 Å². The van der Waals surface area contributed by atoms with Crippen molar-refractivity contribution in [2.24, 2.45) is 0 Å². The van der Waals surface area contributed by atoms with E-state index in [4.69, 9.17) is 0 Å². The zero-order valence-electron chi connectivity index (χ0n) is 3.81. The molecule has 1 fully saturated rings. The lowest BCUT2D eigenvalue weighted by Crippen LogP contribution is -1.85. The summed E-state index contributed by atoms with van der Waals surface area (Å²) in [7, 11) is 0.416. The maximum Gasteiger partial charge on any atom is 0.392 e. The third kappa shape index (κ3) is 1.21. The molecule has 0 aromatic carbocycles. The van der Waals surface area contributed by atoms with Gasteiger partial charge >= 0.3 is 9.28 Å². The van der Waals surface area contributed by atoms with E-state index < -0.39 is 9.28 Å². The molecule has 0 aliphatic carbocycles. The summed E-state index contributed by atoms with van der Waals surface area (Å²) in [6.07, 6.45) is 0. The van der Waals surface area contributed by atoms with Crippen LogP contribution in [0.25, 0.3) is 0 Å². The van der Waals surface area contributed by atoms with Gasteiger partial charge in [-0.05, 0) is 6.04 Å². The average Bonchev–Trinajstić information content (AvgIpc) is 2.21. The molecule has 0 bridgehead atoms. The van der Waals surface area contributed by atoms with Crippen LogP contribution in [-0.4, -0.2) is 19.5 Å². The molecule has 36 valence electrons. The Labute approximate surface area is 41.7 Å². The van der Waals surface area contributed by atoms with Crippen LogP contribution in [0.15, 0.2) is 0 Å². The van der Waals surface area contributed by atoms with Crippen LogP contribution in [0, 0.1) is 0 Å². The Morgan fingerprint density at radius 2 is 2.17 bits per heavy atom. The predicted molar refractivity (Wildman–Crippen MR) is 28.9 cm³/mol. The van der Waals surface area contributed by atoms with E-state index in [1.165, 1.54) is 22.3 Å². The quantitative estimate of drug-likeness (QED) is 0.264. The summed E-state index contributed by atoms with van der Waals surface area (Å²) < 4.78 is 9.22. The van der Waals surface area contributed by atoms with Crippen LogP contribution in [0.1, 0.15) is 0 Å². The monoisotopic (exact) mass is 120 g/mol. The largest absolute Gasteiger partial charge is 0.392 e. The highest BCUT2D eigenvalue weighted by Crippen LogP contribution is 2.12. The lowest BCUT2D eigenvalue weighted by molar-refractivity contribution is 0.0850. The number of rotatable bonds is 2. The fourth-order valence-corrected chi connectivity index (χ4v) is 2.76. The molecule has 0 amide bonds. The molecule has 6 heavy (non-hydrogen) atoms. The van der Waals surface area contributed by atoms with Gasteiger partial charge in [0.25, 0.3) is 0 Å². The van der Waals surface area contributed by atoms with Gasteiger partial charge < -0.3 is 0 Å². The second-order valence-electron chi connectivity index (χ2n) is 1.41. The van der Waals surface area contributed by atoms with Gasteiger partial charge in [0.2, 0.25) is 0 Å². The van der Waals surface area contributed by atoms with Gasteiger partial charge in [-0.15, -0.1) is 0 Å². The highest BCUT2D eigenvalue weighted by atomic mass is 28.3. The van der Waals surface area contributed by atoms with Gasteiger partial charge in [-0.2, -0.15) is 0 Å². The molecular weight excluding hydrogens is 112 g/mol. The molecule has 4 heteroatoms. The Bertz CT molecular complexity index is 44.8. The van der Waals surface area contributed by atoms with E-state index in [1.54, 1.807) is 0 Å². The molecule has 0 N–H and O–H groups in total. The fourth-order valence-electron chi connectivity index (χ4n) is 0.371. The van der Waals surface area contributed by atoms with Crippen LogP contribution in [0.4, 0.5) is 0 Å². The van der Waals surface area contributed by atoms with E-state index in [0.29, 0.717) is 0 Å². The normalized spacial score (nSPS) is 22.0. The Morgan fingerprint density at radius 1 is 1.50 bits per heavy atom. The van der Waals surface area contributed by atoms with Gasteiger partial charge in [0.05, 0.1) is 0 Å². The SMILES string of the molecule is [SiH3]CC[SiH]1OO1. The molecule has 1 rings (SSSR count). The Kier molecular flexibility index (Phi) is 1.41. The van der Waals surface area contributed by atoms with Crippen molar-refractivity contribution in [2.45, 2.75) is 12.1 Å². The maximum absolute atomic E-state index is 4.61. The van der Waals surface area contributed by atoms with Gasteiger partial charge in [-0.3, -0.25) is 9.15 Å².